The van der Waals surface area contributed by atoms with Gasteiger partial charge < -0.3 is 20.2 Å². The maximum atomic E-state index is 12.5. The summed E-state index contributed by atoms with van der Waals surface area (Å²) in [5.41, 5.74) is 4.13. The predicted octanol–water partition coefficient (Wildman–Crippen LogP) is 4.07. The number of unbranched alkanes of at least 4 members (excludes halogenated alkanes) is 1. The zero-order valence-corrected chi connectivity index (χ0v) is 17.3. The van der Waals surface area contributed by atoms with Crippen molar-refractivity contribution in [2.24, 2.45) is 0 Å². The zero-order valence-electron chi connectivity index (χ0n) is 16.5. The molecule has 0 aromatic heterocycles. The summed E-state index contributed by atoms with van der Waals surface area (Å²) >= 11 is 6.11. The molecular weight excluding hydrogens is 374 g/mol. The van der Waals surface area contributed by atoms with Crippen LogP contribution in [0.3, 0.4) is 0 Å². The number of carbonyl (C=O) groups is 1. The molecule has 0 saturated heterocycles. The molecule has 3 rings (SSSR count). The SMILES string of the molecule is CN1CN(C)c2cc(C(=O)CCCCNCCc3ccc(O)cc3Cl)ccc21. The van der Waals surface area contributed by atoms with Crippen molar-refractivity contribution in [1.82, 2.24) is 5.32 Å². The van der Waals surface area contributed by atoms with E-state index in [-0.39, 0.29) is 11.5 Å². The van der Waals surface area contributed by atoms with E-state index < -0.39 is 0 Å². The Kier molecular flexibility index (Phi) is 6.81. The minimum Gasteiger partial charge on any atom is -0.508 e. The summed E-state index contributed by atoms with van der Waals surface area (Å²) in [4.78, 5) is 16.8. The molecule has 5 nitrogen and oxygen atoms in total. The molecule has 2 aromatic carbocycles. The molecule has 2 N–H and O–H groups in total. The lowest BCUT2D eigenvalue weighted by molar-refractivity contribution is 0.0979. The highest BCUT2D eigenvalue weighted by Crippen LogP contribution is 2.34. The van der Waals surface area contributed by atoms with Crippen LogP contribution < -0.4 is 15.1 Å². The molecular formula is C22H28ClN3O2. The Labute approximate surface area is 171 Å². The number of aromatic hydroxyl groups is 1. The molecule has 0 aliphatic carbocycles. The second kappa shape index (κ2) is 9.30. The number of phenols is 1. The van der Waals surface area contributed by atoms with Gasteiger partial charge in [0.1, 0.15) is 5.75 Å². The number of hydrogen-bond donors (Lipinski definition) is 2. The second-order valence-corrected chi connectivity index (χ2v) is 7.80. The molecule has 0 unspecified atom stereocenters. The lowest BCUT2D eigenvalue weighted by Gasteiger charge is -2.12. The van der Waals surface area contributed by atoms with Crippen LogP contribution in [0.2, 0.25) is 5.02 Å². The van der Waals surface area contributed by atoms with E-state index in [0.29, 0.717) is 11.4 Å². The van der Waals surface area contributed by atoms with E-state index in [1.807, 2.05) is 31.3 Å². The van der Waals surface area contributed by atoms with Gasteiger partial charge in [0.05, 0.1) is 18.0 Å². The Morgan fingerprint density at radius 2 is 1.86 bits per heavy atom. The fourth-order valence-electron chi connectivity index (χ4n) is 3.56. The summed E-state index contributed by atoms with van der Waals surface area (Å²) in [5, 5.41) is 13.4. The van der Waals surface area contributed by atoms with Crippen molar-refractivity contribution in [2.45, 2.75) is 25.7 Å². The van der Waals surface area contributed by atoms with Crippen molar-refractivity contribution < 1.29 is 9.90 Å². The number of halogens is 1. The molecule has 0 atom stereocenters. The molecule has 6 heteroatoms. The number of fused-ring (bicyclic) bond motifs is 1. The highest BCUT2D eigenvalue weighted by molar-refractivity contribution is 6.31. The smallest absolute Gasteiger partial charge is 0.162 e. The fourth-order valence-corrected chi connectivity index (χ4v) is 3.83. The fraction of sp³-hybridized carbons (Fsp3) is 0.409. The van der Waals surface area contributed by atoms with Crippen LogP contribution in [0.1, 0.15) is 35.2 Å². The predicted molar refractivity (Wildman–Crippen MR) is 116 cm³/mol. The Balaban J connectivity index is 1.35. The van der Waals surface area contributed by atoms with Crippen molar-refractivity contribution in [2.75, 3.05) is 43.7 Å². The van der Waals surface area contributed by atoms with Crippen LogP contribution in [-0.2, 0) is 6.42 Å². The summed E-state index contributed by atoms with van der Waals surface area (Å²) < 4.78 is 0. The van der Waals surface area contributed by atoms with Crippen LogP contribution in [0, 0.1) is 0 Å². The van der Waals surface area contributed by atoms with Crippen LogP contribution in [0.15, 0.2) is 36.4 Å². The highest BCUT2D eigenvalue weighted by Gasteiger charge is 2.21. The maximum absolute atomic E-state index is 12.5. The molecule has 150 valence electrons. The number of benzene rings is 2. The second-order valence-electron chi connectivity index (χ2n) is 7.40. The van der Waals surface area contributed by atoms with Crippen LogP contribution in [0.4, 0.5) is 11.4 Å². The van der Waals surface area contributed by atoms with Gasteiger partial charge in [-0.3, -0.25) is 4.79 Å². The van der Waals surface area contributed by atoms with Gasteiger partial charge in [0, 0.05) is 31.1 Å². The van der Waals surface area contributed by atoms with Gasteiger partial charge in [0.15, 0.2) is 5.78 Å². The van der Waals surface area contributed by atoms with Gasteiger partial charge in [-0.05, 0) is 68.2 Å². The van der Waals surface area contributed by atoms with Crippen molar-refractivity contribution in [3.8, 4) is 5.75 Å². The molecule has 28 heavy (non-hydrogen) atoms. The van der Waals surface area contributed by atoms with E-state index in [1.165, 1.54) is 5.69 Å². The summed E-state index contributed by atoms with van der Waals surface area (Å²) in [5.74, 6) is 0.398. The third-order valence-corrected chi connectivity index (χ3v) is 5.51. The first kappa shape index (κ1) is 20.5. The summed E-state index contributed by atoms with van der Waals surface area (Å²) in [6, 6.07) is 11.1. The standard InChI is InChI=1S/C22H28ClN3O2/c1-25-15-26(2)21-13-17(7-9-20(21)25)22(28)5-3-4-11-24-12-10-16-6-8-18(27)14-19(16)23/h6-9,13-14,24,27H,3-5,10-12,15H2,1-2H3. The van der Waals surface area contributed by atoms with Crippen molar-refractivity contribution >= 4 is 28.8 Å². The number of phenolic OH excluding ortho intramolecular Hbond substituents is 1. The first-order chi connectivity index (χ1) is 13.5. The van der Waals surface area contributed by atoms with E-state index in [2.05, 4.69) is 22.2 Å². The first-order valence-corrected chi connectivity index (χ1v) is 10.1. The summed E-state index contributed by atoms with van der Waals surface area (Å²) in [6.45, 7) is 2.55. The van der Waals surface area contributed by atoms with Gasteiger partial charge in [-0.1, -0.05) is 17.7 Å². The van der Waals surface area contributed by atoms with Gasteiger partial charge in [-0.2, -0.15) is 0 Å². The van der Waals surface area contributed by atoms with E-state index in [1.54, 1.807) is 12.1 Å². The average molecular weight is 402 g/mol. The van der Waals surface area contributed by atoms with Crippen molar-refractivity contribution in [3.63, 3.8) is 0 Å². The topological polar surface area (TPSA) is 55.8 Å². The average Bonchev–Trinajstić information content (AvgIpc) is 2.95. The van der Waals surface area contributed by atoms with E-state index in [4.69, 9.17) is 11.6 Å². The zero-order chi connectivity index (χ0) is 20.1. The van der Waals surface area contributed by atoms with Crippen molar-refractivity contribution in [1.29, 1.82) is 0 Å². The molecule has 0 radical (unpaired) electrons. The Hall–Kier alpha value is -2.24. The third kappa shape index (κ3) is 4.97. The molecule has 0 fully saturated rings. The molecule has 2 aromatic rings. The molecule has 0 bridgehead atoms. The number of rotatable bonds is 9. The molecule has 1 heterocycles. The number of anilines is 2. The monoisotopic (exact) mass is 401 g/mol. The maximum Gasteiger partial charge on any atom is 0.162 e. The summed E-state index contributed by atoms with van der Waals surface area (Å²) in [7, 11) is 4.11. The molecule has 1 aliphatic heterocycles. The summed E-state index contributed by atoms with van der Waals surface area (Å²) in [6.07, 6.45) is 3.22. The van der Waals surface area contributed by atoms with E-state index in [9.17, 15) is 9.90 Å². The normalized spacial score (nSPS) is 13.1. The number of nitrogens with one attached hydrogen (secondary N) is 1. The Bertz CT molecular complexity index is 841. The number of ketones is 1. The third-order valence-electron chi connectivity index (χ3n) is 5.16. The lowest BCUT2D eigenvalue weighted by Crippen LogP contribution is -2.23. The van der Waals surface area contributed by atoms with Crippen LogP contribution >= 0.6 is 11.6 Å². The Morgan fingerprint density at radius 3 is 2.64 bits per heavy atom. The molecule has 0 amide bonds. The lowest BCUT2D eigenvalue weighted by atomic mass is 10.0. The minimum atomic E-state index is 0.188. The van der Waals surface area contributed by atoms with Gasteiger partial charge in [-0.25, -0.2) is 0 Å². The largest absolute Gasteiger partial charge is 0.508 e. The number of nitrogens with zero attached hydrogens (tertiary/aromatic N) is 2. The first-order valence-electron chi connectivity index (χ1n) is 9.73. The van der Waals surface area contributed by atoms with Gasteiger partial charge >= 0.3 is 0 Å². The molecule has 0 spiro atoms. The quantitative estimate of drug-likeness (QED) is 0.490. The van der Waals surface area contributed by atoms with Gasteiger partial charge in [0.2, 0.25) is 0 Å². The molecule has 0 saturated carbocycles. The van der Waals surface area contributed by atoms with Crippen LogP contribution in [0.5, 0.6) is 5.75 Å². The minimum absolute atomic E-state index is 0.188. The van der Waals surface area contributed by atoms with Gasteiger partial charge in [0.25, 0.3) is 0 Å². The van der Waals surface area contributed by atoms with E-state index >= 15 is 0 Å². The number of Topliss-reactive ketones (excluding diaryl/α,β-unsaturated/α-hetero) is 1. The number of carbonyl (C=O) groups excluding carboxylic acids is 1. The van der Waals surface area contributed by atoms with E-state index in [0.717, 1.165) is 55.8 Å². The number of hydrogen-bond acceptors (Lipinski definition) is 5. The van der Waals surface area contributed by atoms with Crippen LogP contribution in [0.25, 0.3) is 0 Å². The van der Waals surface area contributed by atoms with Gasteiger partial charge in [-0.15, -0.1) is 0 Å². The van der Waals surface area contributed by atoms with Crippen molar-refractivity contribution in [3.05, 3.63) is 52.5 Å². The van der Waals surface area contributed by atoms with Crippen LogP contribution in [-0.4, -0.2) is 44.7 Å². The highest BCUT2D eigenvalue weighted by atomic mass is 35.5. The Morgan fingerprint density at radius 1 is 1.07 bits per heavy atom. The molecule has 1 aliphatic rings.